The van der Waals surface area contributed by atoms with E-state index in [0.29, 0.717) is 11.3 Å². The van der Waals surface area contributed by atoms with Gasteiger partial charge in [-0.05, 0) is 25.1 Å². The van der Waals surface area contributed by atoms with E-state index in [1.165, 1.54) is 18.3 Å². The van der Waals surface area contributed by atoms with Crippen LogP contribution in [0.15, 0.2) is 36.5 Å². The molecule has 0 atom stereocenters. The molecule has 0 spiro atoms. The third-order valence-electron chi connectivity index (χ3n) is 2.32. The van der Waals surface area contributed by atoms with Gasteiger partial charge in [0.1, 0.15) is 5.75 Å². The zero-order valence-electron chi connectivity index (χ0n) is 9.35. The molecule has 1 aromatic heterocycles. The quantitative estimate of drug-likeness (QED) is 0.886. The minimum absolute atomic E-state index is 0.0423. The predicted octanol–water partition coefficient (Wildman–Crippen LogP) is 2.81. The number of pyridine rings is 1. The number of hydrogen-bond acceptors (Lipinski definition) is 3. The van der Waals surface area contributed by atoms with Gasteiger partial charge in [-0.25, -0.2) is 4.39 Å². The van der Waals surface area contributed by atoms with E-state index in [2.05, 4.69) is 4.98 Å². The van der Waals surface area contributed by atoms with Crippen molar-refractivity contribution in [2.24, 2.45) is 0 Å². The largest absolute Gasteiger partial charge is 0.452 e. The zero-order valence-corrected chi connectivity index (χ0v) is 9.35. The second-order valence-electron chi connectivity index (χ2n) is 3.62. The maximum absolute atomic E-state index is 13.5. The van der Waals surface area contributed by atoms with Crippen molar-refractivity contribution in [3.8, 4) is 11.5 Å². The first kappa shape index (κ1) is 11.5. The van der Waals surface area contributed by atoms with Gasteiger partial charge in [0.15, 0.2) is 11.6 Å². The van der Waals surface area contributed by atoms with Crippen molar-refractivity contribution in [3.63, 3.8) is 0 Å². The van der Waals surface area contributed by atoms with Crippen LogP contribution in [-0.4, -0.2) is 10.1 Å². The Morgan fingerprint density at radius 3 is 2.76 bits per heavy atom. The maximum Gasteiger partial charge on any atom is 0.168 e. The van der Waals surface area contributed by atoms with E-state index >= 15 is 0 Å². The van der Waals surface area contributed by atoms with Crippen molar-refractivity contribution >= 4 is 0 Å². The summed E-state index contributed by atoms with van der Waals surface area (Å²) in [5, 5.41) is 9.10. The number of ether oxygens (including phenoxy) is 1. The van der Waals surface area contributed by atoms with Gasteiger partial charge in [0, 0.05) is 11.3 Å². The molecule has 0 bridgehead atoms. The number of aromatic nitrogens is 1. The molecule has 2 rings (SSSR count). The molecule has 17 heavy (non-hydrogen) atoms. The number of aryl methyl sites for hydroxylation is 1. The number of rotatable bonds is 3. The van der Waals surface area contributed by atoms with E-state index in [9.17, 15) is 4.39 Å². The third kappa shape index (κ3) is 2.60. The summed E-state index contributed by atoms with van der Waals surface area (Å²) < 4.78 is 18.9. The fraction of sp³-hybridized carbons (Fsp3) is 0.154. The minimum atomic E-state index is -0.503. The Kier molecular flexibility index (Phi) is 3.35. The maximum atomic E-state index is 13.5. The summed E-state index contributed by atoms with van der Waals surface area (Å²) in [6.45, 7) is 1.58. The van der Waals surface area contributed by atoms with Gasteiger partial charge in [0.2, 0.25) is 0 Å². The monoisotopic (exact) mass is 233 g/mol. The minimum Gasteiger partial charge on any atom is -0.452 e. The first-order valence-corrected chi connectivity index (χ1v) is 5.19. The number of benzene rings is 1. The fourth-order valence-corrected chi connectivity index (χ4v) is 1.42. The summed E-state index contributed by atoms with van der Waals surface area (Å²) in [6.07, 6.45) is 1.52. The Morgan fingerprint density at radius 2 is 2.12 bits per heavy atom. The lowest BCUT2D eigenvalue weighted by atomic mass is 10.2. The van der Waals surface area contributed by atoms with Crippen molar-refractivity contribution in [3.05, 3.63) is 53.6 Å². The van der Waals surface area contributed by atoms with E-state index < -0.39 is 5.82 Å². The van der Waals surface area contributed by atoms with Gasteiger partial charge >= 0.3 is 0 Å². The van der Waals surface area contributed by atoms with Crippen molar-refractivity contribution < 1.29 is 14.2 Å². The van der Waals surface area contributed by atoms with Crippen LogP contribution in [0.3, 0.4) is 0 Å². The summed E-state index contributed by atoms with van der Waals surface area (Å²) in [4.78, 5) is 4.05. The van der Waals surface area contributed by atoms with Crippen molar-refractivity contribution in [1.82, 2.24) is 4.98 Å². The lowest BCUT2D eigenvalue weighted by Gasteiger charge is -2.10. The summed E-state index contributed by atoms with van der Waals surface area (Å²) in [6, 6.07) is 7.90. The Bertz CT molecular complexity index is 511. The molecular weight excluding hydrogens is 221 g/mol. The molecule has 0 aliphatic rings. The molecule has 1 heterocycles. The van der Waals surface area contributed by atoms with Crippen LogP contribution in [0, 0.1) is 12.7 Å². The zero-order chi connectivity index (χ0) is 12.3. The van der Waals surface area contributed by atoms with Crippen molar-refractivity contribution in [2.45, 2.75) is 13.5 Å². The molecule has 88 valence electrons. The second kappa shape index (κ2) is 4.93. The molecule has 3 nitrogen and oxygen atoms in total. The standard InChI is InChI=1S/C13H12FNO2/c1-9-5-6-11(7-15-9)17-13-10(8-16)3-2-4-12(13)14/h2-7,16H,8H2,1H3. The SMILES string of the molecule is Cc1ccc(Oc2c(F)cccc2CO)cn1. The molecule has 0 amide bonds. The highest BCUT2D eigenvalue weighted by Crippen LogP contribution is 2.28. The van der Waals surface area contributed by atoms with E-state index in [4.69, 9.17) is 9.84 Å². The molecule has 0 fully saturated rings. The first-order chi connectivity index (χ1) is 8.20. The number of hydrogen-bond donors (Lipinski definition) is 1. The fourth-order valence-electron chi connectivity index (χ4n) is 1.42. The molecule has 0 aliphatic heterocycles. The summed E-state index contributed by atoms with van der Waals surface area (Å²) >= 11 is 0. The average Bonchev–Trinajstić information content (AvgIpc) is 2.34. The van der Waals surface area contributed by atoms with Crippen molar-refractivity contribution in [2.75, 3.05) is 0 Å². The Balaban J connectivity index is 2.32. The number of nitrogens with zero attached hydrogens (tertiary/aromatic N) is 1. The molecular formula is C13H12FNO2. The van der Waals surface area contributed by atoms with Gasteiger partial charge in [0.05, 0.1) is 12.8 Å². The summed E-state index contributed by atoms with van der Waals surface area (Å²) in [7, 11) is 0. The van der Waals surface area contributed by atoms with E-state index in [1.54, 1.807) is 18.2 Å². The lowest BCUT2D eigenvalue weighted by molar-refractivity contribution is 0.274. The van der Waals surface area contributed by atoms with E-state index in [-0.39, 0.29) is 12.4 Å². The van der Waals surface area contributed by atoms with Crippen LogP contribution in [0.2, 0.25) is 0 Å². The number of aliphatic hydroxyl groups excluding tert-OH is 1. The predicted molar refractivity (Wildman–Crippen MR) is 61.4 cm³/mol. The number of para-hydroxylation sites is 1. The average molecular weight is 233 g/mol. The highest BCUT2D eigenvalue weighted by molar-refractivity contribution is 5.38. The third-order valence-corrected chi connectivity index (χ3v) is 2.32. The molecule has 0 aliphatic carbocycles. The highest BCUT2D eigenvalue weighted by atomic mass is 19.1. The molecule has 1 aromatic carbocycles. The van der Waals surface area contributed by atoms with Crippen LogP contribution < -0.4 is 4.74 Å². The van der Waals surface area contributed by atoms with E-state index in [0.717, 1.165) is 5.69 Å². The second-order valence-corrected chi connectivity index (χ2v) is 3.62. The van der Waals surface area contributed by atoms with Crippen LogP contribution >= 0.6 is 0 Å². The Labute approximate surface area is 98.5 Å². The van der Waals surface area contributed by atoms with Crippen LogP contribution in [0.5, 0.6) is 11.5 Å². The van der Waals surface area contributed by atoms with Gasteiger partial charge in [-0.3, -0.25) is 4.98 Å². The first-order valence-electron chi connectivity index (χ1n) is 5.19. The van der Waals surface area contributed by atoms with Gasteiger partial charge in [0.25, 0.3) is 0 Å². The van der Waals surface area contributed by atoms with Crippen LogP contribution in [0.4, 0.5) is 4.39 Å². The van der Waals surface area contributed by atoms with E-state index in [1.807, 2.05) is 6.92 Å². The summed E-state index contributed by atoms with van der Waals surface area (Å²) in [5.41, 5.74) is 1.26. The van der Waals surface area contributed by atoms with Crippen LogP contribution in [0.1, 0.15) is 11.3 Å². The summed E-state index contributed by atoms with van der Waals surface area (Å²) in [5.74, 6) is -0.0202. The molecule has 0 saturated heterocycles. The van der Waals surface area contributed by atoms with Crippen LogP contribution in [-0.2, 0) is 6.61 Å². The Hall–Kier alpha value is -1.94. The highest BCUT2D eigenvalue weighted by Gasteiger charge is 2.10. The van der Waals surface area contributed by atoms with Gasteiger partial charge in [-0.1, -0.05) is 12.1 Å². The smallest absolute Gasteiger partial charge is 0.168 e. The topological polar surface area (TPSA) is 42.4 Å². The molecule has 0 saturated carbocycles. The Morgan fingerprint density at radius 1 is 1.29 bits per heavy atom. The lowest BCUT2D eigenvalue weighted by Crippen LogP contribution is -1.95. The molecule has 0 radical (unpaired) electrons. The number of aliphatic hydroxyl groups is 1. The molecule has 4 heteroatoms. The molecule has 0 unspecified atom stereocenters. The van der Waals surface area contributed by atoms with Crippen molar-refractivity contribution in [1.29, 1.82) is 0 Å². The normalized spacial score (nSPS) is 10.3. The number of halogens is 1. The van der Waals surface area contributed by atoms with Gasteiger partial charge in [-0.15, -0.1) is 0 Å². The van der Waals surface area contributed by atoms with Gasteiger partial charge < -0.3 is 9.84 Å². The van der Waals surface area contributed by atoms with Crippen LogP contribution in [0.25, 0.3) is 0 Å². The molecule has 1 N–H and O–H groups in total. The molecule has 2 aromatic rings. The van der Waals surface area contributed by atoms with Gasteiger partial charge in [-0.2, -0.15) is 0 Å².